The highest BCUT2D eigenvalue weighted by Crippen LogP contribution is 2.30. The number of alkyl halides is 1. The fraction of sp³-hybridized carbons (Fsp3) is 0.438. The Hall–Kier alpha value is -1.09. The summed E-state index contributed by atoms with van der Waals surface area (Å²) in [5.74, 6) is 1.33. The molecule has 0 aliphatic rings. The highest BCUT2D eigenvalue weighted by molar-refractivity contribution is 9.09. The minimum atomic E-state index is 0.224. The van der Waals surface area contributed by atoms with Gasteiger partial charge in [-0.2, -0.15) is 0 Å². The van der Waals surface area contributed by atoms with E-state index in [-0.39, 0.29) is 5.41 Å². The molecule has 2 nitrogen and oxygen atoms in total. The average Bonchev–Trinajstić information content (AvgIpc) is 2.38. The Morgan fingerprint density at radius 1 is 1.21 bits per heavy atom. The molecule has 2 rings (SSSR count). The van der Waals surface area contributed by atoms with Gasteiger partial charge in [0.1, 0.15) is 11.3 Å². The highest BCUT2D eigenvalue weighted by Gasteiger charge is 2.24. The van der Waals surface area contributed by atoms with Crippen LogP contribution in [-0.2, 0) is 0 Å². The number of halogens is 1. The van der Waals surface area contributed by atoms with Crippen LogP contribution in [0, 0.1) is 11.3 Å². The van der Waals surface area contributed by atoms with Crippen LogP contribution in [0.2, 0.25) is 0 Å². The summed E-state index contributed by atoms with van der Waals surface area (Å²) in [5, 5.41) is 2.06. The van der Waals surface area contributed by atoms with Crippen molar-refractivity contribution in [1.82, 2.24) is 4.98 Å². The van der Waals surface area contributed by atoms with Crippen molar-refractivity contribution in [2.24, 2.45) is 11.3 Å². The molecule has 1 aromatic heterocycles. The van der Waals surface area contributed by atoms with Gasteiger partial charge >= 0.3 is 0 Å². The van der Waals surface area contributed by atoms with Crippen molar-refractivity contribution in [2.75, 3.05) is 11.9 Å². The standard InChI is InChI=1S/C16H20BrNO/c1-16(2,3)13(10-17)11-19-14-8-4-6-12-7-5-9-18-15(12)14/h4-9,13H,10-11H2,1-3H3. The number of hydrogen-bond acceptors (Lipinski definition) is 2. The van der Waals surface area contributed by atoms with Crippen LogP contribution in [0.25, 0.3) is 10.9 Å². The minimum Gasteiger partial charge on any atom is -0.491 e. The fourth-order valence-corrected chi connectivity index (χ4v) is 3.07. The van der Waals surface area contributed by atoms with Crippen LogP contribution in [0.1, 0.15) is 20.8 Å². The van der Waals surface area contributed by atoms with E-state index in [0.29, 0.717) is 12.5 Å². The number of para-hydroxylation sites is 1. The second kappa shape index (κ2) is 5.91. The smallest absolute Gasteiger partial charge is 0.145 e. The summed E-state index contributed by atoms with van der Waals surface area (Å²) in [6.45, 7) is 7.42. The summed E-state index contributed by atoms with van der Waals surface area (Å²) in [7, 11) is 0. The van der Waals surface area contributed by atoms with Crippen LogP contribution in [0.4, 0.5) is 0 Å². The molecule has 1 unspecified atom stereocenters. The summed E-state index contributed by atoms with van der Waals surface area (Å²) < 4.78 is 6.01. The van der Waals surface area contributed by atoms with E-state index in [2.05, 4.69) is 53.8 Å². The Kier molecular flexibility index (Phi) is 4.46. The molecule has 19 heavy (non-hydrogen) atoms. The maximum atomic E-state index is 6.01. The number of rotatable bonds is 4. The van der Waals surface area contributed by atoms with Gasteiger partial charge in [-0.1, -0.05) is 54.9 Å². The first-order valence-corrected chi connectivity index (χ1v) is 7.67. The number of hydrogen-bond donors (Lipinski definition) is 0. The molecule has 3 heteroatoms. The van der Waals surface area contributed by atoms with Crippen molar-refractivity contribution < 1.29 is 4.74 Å². The predicted molar refractivity (Wildman–Crippen MR) is 84.0 cm³/mol. The van der Waals surface area contributed by atoms with Gasteiger partial charge in [-0.15, -0.1) is 0 Å². The van der Waals surface area contributed by atoms with Gasteiger partial charge in [-0.25, -0.2) is 0 Å². The van der Waals surface area contributed by atoms with Gasteiger partial charge in [0.25, 0.3) is 0 Å². The highest BCUT2D eigenvalue weighted by atomic mass is 79.9. The van der Waals surface area contributed by atoms with Crippen molar-refractivity contribution >= 4 is 26.8 Å². The molecule has 2 aromatic rings. The van der Waals surface area contributed by atoms with Gasteiger partial charge in [-0.05, 0) is 17.5 Å². The van der Waals surface area contributed by atoms with Crippen LogP contribution in [0.15, 0.2) is 36.5 Å². The summed E-state index contributed by atoms with van der Waals surface area (Å²) in [4.78, 5) is 4.41. The number of ether oxygens (including phenoxy) is 1. The molecule has 0 fully saturated rings. The van der Waals surface area contributed by atoms with Gasteiger partial charge < -0.3 is 4.74 Å². The third-order valence-electron chi connectivity index (χ3n) is 3.45. The van der Waals surface area contributed by atoms with E-state index in [1.165, 1.54) is 0 Å². The molecule has 0 radical (unpaired) electrons. The van der Waals surface area contributed by atoms with E-state index in [1.807, 2.05) is 18.2 Å². The van der Waals surface area contributed by atoms with Gasteiger partial charge in [0, 0.05) is 22.8 Å². The Morgan fingerprint density at radius 3 is 2.63 bits per heavy atom. The lowest BCUT2D eigenvalue weighted by atomic mass is 9.83. The first-order chi connectivity index (χ1) is 9.02. The van der Waals surface area contributed by atoms with Crippen molar-refractivity contribution in [3.05, 3.63) is 36.5 Å². The van der Waals surface area contributed by atoms with Gasteiger partial charge in [-0.3, -0.25) is 4.98 Å². The van der Waals surface area contributed by atoms with Crippen molar-refractivity contribution in [3.8, 4) is 5.75 Å². The third kappa shape index (κ3) is 3.47. The Morgan fingerprint density at radius 2 is 1.95 bits per heavy atom. The second-order valence-corrected chi connectivity index (χ2v) is 6.51. The fourth-order valence-electron chi connectivity index (χ4n) is 1.91. The normalized spacial score (nSPS) is 13.5. The number of fused-ring (bicyclic) bond motifs is 1. The zero-order chi connectivity index (χ0) is 13.9. The number of aromatic nitrogens is 1. The van der Waals surface area contributed by atoms with Gasteiger partial charge in [0.05, 0.1) is 6.61 Å². The van der Waals surface area contributed by atoms with Crippen molar-refractivity contribution in [3.63, 3.8) is 0 Å². The molecule has 0 saturated carbocycles. The molecule has 0 bridgehead atoms. The van der Waals surface area contributed by atoms with Crippen LogP contribution in [0.5, 0.6) is 5.75 Å². The largest absolute Gasteiger partial charge is 0.491 e. The number of pyridine rings is 1. The van der Waals surface area contributed by atoms with Crippen LogP contribution in [-0.4, -0.2) is 16.9 Å². The molecule has 0 saturated heterocycles. The van der Waals surface area contributed by atoms with E-state index in [9.17, 15) is 0 Å². The Bertz CT molecular complexity index is 542. The van der Waals surface area contributed by atoms with Gasteiger partial charge in [0.2, 0.25) is 0 Å². The molecule has 0 amide bonds. The third-order valence-corrected chi connectivity index (χ3v) is 4.23. The molecular weight excluding hydrogens is 302 g/mol. The average molecular weight is 322 g/mol. The van der Waals surface area contributed by atoms with Crippen LogP contribution >= 0.6 is 15.9 Å². The quantitative estimate of drug-likeness (QED) is 0.763. The number of nitrogens with zero attached hydrogens (tertiary/aromatic N) is 1. The zero-order valence-corrected chi connectivity index (χ0v) is 13.3. The molecular formula is C16H20BrNO. The monoisotopic (exact) mass is 321 g/mol. The topological polar surface area (TPSA) is 22.1 Å². The molecule has 1 heterocycles. The molecule has 1 aromatic carbocycles. The Balaban J connectivity index is 2.18. The number of benzene rings is 1. The molecule has 1 atom stereocenters. The minimum absolute atomic E-state index is 0.224. The lowest BCUT2D eigenvalue weighted by molar-refractivity contribution is 0.167. The van der Waals surface area contributed by atoms with E-state index < -0.39 is 0 Å². The Labute approximate surface area is 123 Å². The lowest BCUT2D eigenvalue weighted by Gasteiger charge is -2.29. The predicted octanol–water partition coefficient (Wildman–Crippen LogP) is 4.67. The maximum Gasteiger partial charge on any atom is 0.145 e. The molecule has 0 aliphatic heterocycles. The molecule has 0 N–H and O–H groups in total. The van der Waals surface area contributed by atoms with Crippen LogP contribution in [0.3, 0.4) is 0 Å². The van der Waals surface area contributed by atoms with E-state index >= 15 is 0 Å². The lowest BCUT2D eigenvalue weighted by Crippen LogP contribution is -2.27. The van der Waals surface area contributed by atoms with Gasteiger partial charge in [0.15, 0.2) is 0 Å². The molecule has 102 valence electrons. The van der Waals surface area contributed by atoms with Crippen molar-refractivity contribution in [1.29, 1.82) is 0 Å². The van der Waals surface area contributed by atoms with E-state index in [4.69, 9.17) is 4.74 Å². The van der Waals surface area contributed by atoms with Crippen LogP contribution < -0.4 is 4.74 Å². The first kappa shape index (κ1) is 14.3. The maximum absolute atomic E-state index is 6.01. The summed E-state index contributed by atoms with van der Waals surface area (Å²) in [5.41, 5.74) is 1.16. The molecule has 0 spiro atoms. The summed E-state index contributed by atoms with van der Waals surface area (Å²) in [6.07, 6.45) is 1.81. The SMILES string of the molecule is CC(C)(C)C(CBr)COc1cccc2cccnc12. The second-order valence-electron chi connectivity index (χ2n) is 5.86. The summed E-state index contributed by atoms with van der Waals surface area (Å²) in [6, 6.07) is 10.1. The summed E-state index contributed by atoms with van der Waals surface area (Å²) >= 11 is 3.58. The first-order valence-electron chi connectivity index (χ1n) is 6.55. The van der Waals surface area contributed by atoms with E-state index in [1.54, 1.807) is 6.20 Å². The van der Waals surface area contributed by atoms with E-state index in [0.717, 1.165) is 22.0 Å². The van der Waals surface area contributed by atoms with Crippen molar-refractivity contribution in [2.45, 2.75) is 20.8 Å². The zero-order valence-electron chi connectivity index (χ0n) is 11.7. The molecule has 0 aliphatic carbocycles.